The Labute approximate surface area is 279 Å². The van der Waals surface area contributed by atoms with Gasteiger partial charge in [-0.05, 0) is 96.0 Å². The van der Waals surface area contributed by atoms with Gasteiger partial charge in [0.15, 0.2) is 17.7 Å². The summed E-state index contributed by atoms with van der Waals surface area (Å²) in [6, 6.07) is 11.4. The van der Waals surface area contributed by atoms with Crippen molar-refractivity contribution in [3.05, 3.63) is 71.4 Å². The Morgan fingerprint density at radius 3 is 2.52 bits per heavy atom. The number of nitrogens with zero attached hydrogens (tertiary/aromatic N) is 3. The lowest BCUT2D eigenvalue weighted by atomic mass is 9.92. The first kappa shape index (κ1) is 33.8. The predicted octanol–water partition coefficient (Wildman–Crippen LogP) is 7.42. The van der Waals surface area contributed by atoms with Crippen molar-refractivity contribution >= 4 is 17.4 Å². The van der Waals surface area contributed by atoms with Crippen LogP contribution in [0.3, 0.4) is 0 Å². The second kappa shape index (κ2) is 13.1. The van der Waals surface area contributed by atoms with Gasteiger partial charge in [0.2, 0.25) is 0 Å². The zero-order valence-electron chi connectivity index (χ0n) is 28.2. The molecule has 3 aliphatic rings. The summed E-state index contributed by atoms with van der Waals surface area (Å²) < 4.78 is 49.6. The lowest BCUT2D eigenvalue weighted by molar-refractivity contribution is -0.160. The van der Waals surface area contributed by atoms with E-state index in [-0.39, 0.29) is 11.4 Å². The molecule has 9 nitrogen and oxygen atoms in total. The van der Waals surface area contributed by atoms with Gasteiger partial charge in [0.05, 0.1) is 16.9 Å². The molecule has 2 aromatic carbocycles. The fraction of sp³-hybridized carbons (Fsp3) is 0.459. The number of anilines is 1. The third-order valence-corrected chi connectivity index (χ3v) is 9.15. The minimum absolute atomic E-state index is 0.151. The van der Waals surface area contributed by atoms with Crippen molar-refractivity contribution in [1.29, 1.82) is 0 Å². The van der Waals surface area contributed by atoms with Crippen molar-refractivity contribution in [2.24, 2.45) is 5.73 Å². The highest BCUT2D eigenvalue weighted by molar-refractivity contribution is 5.80. The van der Waals surface area contributed by atoms with Gasteiger partial charge in [0.1, 0.15) is 23.4 Å². The van der Waals surface area contributed by atoms with Crippen LogP contribution in [0.4, 0.5) is 14.6 Å². The van der Waals surface area contributed by atoms with Gasteiger partial charge in [-0.15, -0.1) is 0 Å². The van der Waals surface area contributed by atoms with Crippen LogP contribution in [-0.2, 0) is 14.3 Å². The van der Waals surface area contributed by atoms with Crippen LogP contribution in [0, 0.1) is 18.6 Å². The first-order chi connectivity index (χ1) is 22.7. The monoisotopic (exact) mass is 662 g/mol. The van der Waals surface area contributed by atoms with Crippen LogP contribution in [0.15, 0.2) is 48.7 Å². The van der Waals surface area contributed by atoms with Gasteiger partial charge in [-0.2, -0.15) is 0 Å². The minimum atomic E-state index is -1.22. The Hall–Kier alpha value is -4.06. The molecule has 2 aromatic heterocycles. The van der Waals surface area contributed by atoms with Crippen molar-refractivity contribution in [2.45, 2.75) is 90.3 Å². The largest absolute Gasteiger partial charge is 0.479 e. The highest BCUT2D eigenvalue weighted by Gasteiger charge is 2.37. The van der Waals surface area contributed by atoms with Gasteiger partial charge < -0.3 is 24.2 Å². The standard InChI is InChI=1S/C37H44F2N4O5/c1-22-17-31-41-28-21-43(31)34(32(22)33(35(44)45)48-36(2,3)4)42-14-12-37(5,13-15-42)46-16-7-6-11-30(40)47-29-20-27(39)26(38)19-25(29)23-9-8-10-24(28)18-23/h8-10,17-21,30,33H,6-7,11-16,40H2,1-5H3,(H,44,45). The second-order valence-electron chi connectivity index (χ2n) is 14.1. The second-order valence-corrected chi connectivity index (χ2v) is 14.1. The Kier molecular flexibility index (Phi) is 9.23. The molecule has 5 heterocycles. The molecular weight excluding hydrogens is 618 g/mol. The summed E-state index contributed by atoms with van der Waals surface area (Å²) in [4.78, 5) is 20.0. The molecule has 0 saturated carbocycles. The van der Waals surface area contributed by atoms with Crippen molar-refractivity contribution in [1.82, 2.24) is 9.38 Å². The molecule has 0 radical (unpaired) electrons. The van der Waals surface area contributed by atoms with E-state index >= 15 is 0 Å². The van der Waals surface area contributed by atoms with Gasteiger partial charge in [0, 0.05) is 48.6 Å². The van der Waals surface area contributed by atoms with Crippen LogP contribution in [-0.4, -0.2) is 57.6 Å². The number of carbonyl (C=O) groups is 1. The Morgan fingerprint density at radius 1 is 1.10 bits per heavy atom. The summed E-state index contributed by atoms with van der Waals surface area (Å²) in [5.74, 6) is -2.22. The topological polar surface area (TPSA) is 112 Å². The summed E-state index contributed by atoms with van der Waals surface area (Å²) in [5.41, 5.74) is 9.55. The fourth-order valence-corrected chi connectivity index (χ4v) is 6.64. The number of hydrogen-bond donors (Lipinski definition) is 2. The average molecular weight is 663 g/mol. The molecule has 256 valence electrons. The van der Waals surface area contributed by atoms with Gasteiger partial charge in [-0.1, -0.05) is 18.2 Å². The van der Waals surface area contributed by atoms with Crippen molar-refractivity contribution < 1.29 is 32.9 Å². The van der Waals surface area contributed by atoms with Crippen LogP contribution in [0.25, 0.3) is 28.0 Å². The number of carboxylic acid groups (broad SMARTS) is 1. The van der Waals surface area contributed by atoms with Crippen molar-refractivity contribution in [3.8, 4) is 28.1 Å². The lowest BCUT2D eigenvalue weighted by Crippen LogP contribution is -2.45. The van der Waals surface area contributed by atoms with E-state index < -0.39 is 35.5 Å². The van der Waals surface area contributed by atoms with E-state index in [0.29, 0.717) is 54.1 Å². The highest BCUT2D eigenvalue weighted by Crippen LogP contribution is 2.40. The summed E-state index contributed by atoms with van der Waals surface area (Å²) in [7, 11) is 0. The van der Waals surface area contributed by atoms with Gasteiger partial charge in [0.25, 0.3) is 0 Å². The number of nitrogens with two attached hydrogens (primary N) is 1. The smallest absolute Gasteiger partial charge is 0.337 e. The number of aryl methyl sites for hydroxylation is 1. The molecule has 0 aliphatic carbocycles. The number of aromatic nitrogens is 2. The van der Waals surface area contributed by atoms with E-state index in [4.69, 9.17) is 24.9 Å². The van der Waals surface area contributed by atoms with Crippen LogP contribution in [0.1, 0.15) is 77.0 Å². The molecule has 7 rings (SSSR count). The number of ether oxygens (including phenoxy) is 3. The van der Waals surface area contributed by atoms with E-state index in [9.17, 15) is 18.7 Å². The predicted molar refractivity (Wildman–Crippen MR) is 180 cm³/mol. The summed E-state index contributed by atoms with van der Waals surface area (Å²) in [6.45, 7) is 11.4. The third-order valence-electron chi connectivity index (χ3n) is 9.15. The maximum atomic E-state index is 14.6. The molecular formula is C37H44F2N4O5. The molecule has 2 atom stereocenters. The normalized spacial score (nSPS) is 21.2. The van der Waals surface area contributed by atoms with E-state index in [2.05, 4.69) is 11.8 Å². The molecule has 1 fully saturated rings. The van der Waals surface area contributed by atoms with Crippen molar-refractivity contribution in [3.63, 3.8) is 0 Å². The maximum absolute atomic E-state index is 14.6. The summed E-state index contributed by atoms with van der Waals surface area (Å²) in [6.07, 6.45) is 3.44. The molecule has 48 heavy (non-hydrogen) atoms. The van der Waals surface area contributed by atoms with Gasteiger partial charge in [-0.3, -0.25) is 10.1 Å². The summed E-state index contributed by atoms with van der Waals surface area (Å²) in [5, 5.41) is 10.5. The Bertz CT molecular complexity index is 1830. The quantitative estimate of drug-likeness (QED) is 0.233. The molecule has 3 aliphatic heterocycles. The number of halogens is 2. The lowest BCUT2D eigenvalue weighted by Gasteiger charge is -2.41. The molecule has 11 heteroatoms. The third kappa shape index (κ3) is 7.04. The molecule has 0 spiro atoms. The number of pyridine rings is 1. The number of benzene rings is 2. The zero-order chi connectivity index (χ0) is 34.4. The SMILES string of the molecule is Cc1cc2nc3cn2c(c1C(OC(C)(C)C)C(=O)O)N1CCC(C)(CC1)OCCCCC(N)Oc1cc(F)c(F)cc1-c1cccc-3c1. The highest BCUT2D eigenvalue weighted by atomic mass is 19.2. The van der Waals surface area contributed by atoms with Crippen LogP contribution < -0.4 is 15.4 Å². The van der Waals surface area contributed by atoms with Crippen LogP contribution >= 0.6 is 0 Å². The molecule has 3 N–H and O–H groups in total. The molecule has 2 unspecified atom stereocenters. The number of piperidine rings is 1. The fourth-order valence-electron chi connectivity index (χ4n) is 6.64. The number of fused-ring (bicyclic) bond motifs is 8. The molecule has 4 aromatic rings. The average Bonchev–Trinajstić information content (AvgIpc) is 3.44. The Morgan fingerprint density at radius 2 is 1.81 bits per heavy atom. The molecule has 1 saturated heterocycles. The van der Waals surface area contributed by atoms with E-state index in [0.717, 1.165) is 54.8 Å². The Balaban J connectivity index is 1.54. The number of hydrogen-bond acceptors (Lipinski definition) is 7. The van der Waals surface area contributed by atoms with Crippen LogP contribution in [0.5, 0.6) is 5.75 Å². The van der Waals surface area contributed by atoms with Crippen molar-refractivity contribution in [2.75, 3.05) is 24.6 Å². The number of rotatable bonds is 3. The number of carboxylic acids is 1. The first-order valence-corrected chi connectivity index (χ1v) is 16.6. The van der Waals surface area contributed by atoms with E-state index in [1.807, 2.05) is 62.6 Å². The molecule has 0 amide bonds. The number of imidazole rings is 1. The summed E-state index contributed by atoms with van der Waals surface area (Å²) >= 11 is 0. The van der Waals surface area contributed by atoms with Gasteiger partial charge >= 0.3 is 5.97 Å². The van der Waals surface area contributed by atoms with E-state index in [1.165, 1.54) is 0 Å². The maximum Gasteiger partial charge on any atom is 0.337 e. The van der Waals surface area contributed by atoms with Crippen LogP contribution in [0.2, 0.25) is 0 Å². The zero-order valence-corrected chi connectivity index (χ0v) is 28.2. The van der Waals surface area contributed by atoms with E-state index in [1.54, 1.807) is 6.07 Å². The minimum Gasteiger partial charge on any atom is -0.479 e. The first-order valence-electron chi connectivity index (χ1n) is 16.6. The number of aliphatic carboxylic acids is 1. The van der Waals surface area contributed by atoms with Gasteiger partial charge in [-0.25, -0.2) is 18.6 Å². The molecule has 6 bridgehead atoms.